The smallest absolute Gasteiger partial charge is 0.308 e. The molecule has 0 amide bonds. The summed E-state index contributed by atoms with van der Waals surface area (Å²) in [5, 5.41) is 10.3. The van der Waals surface area contributed by atoms with Crippen LogP contribution >= 0.6 is 0 Å². The molecule has 1 saturated carbocycles. The highest BCUT2D eigenvalue weighted by molar-refractivity contribution is 7.83. The Labute approximate surface area is 165 Å². The monoisotopic (exact) mass is 405 g/mol. The van der Waals surface area contributed by atoms with E-state index in [-0.39, 0.29) is 35.5 Å². The van der Waals surface area contributed by atoms with E-state index >= 15 is 0 Å². The number of aromatic amines is 1. The van der Waals surface area contributed by atoms with Crippen molar-refractivity contribution in [3.05, 3.63) is 40.8 Å². The molecule has 1 aromatic heterocycles. The summed E-state index contributed by atoms with van der Waals surface area (Å²) in [5.41, 5.74) is 2.64. The molecule has 3 unspecified atom stereocenters. The van der Waals surface area contributed by atoms with E-state index in [1.54, 1.807) is 6.07 Å². The normalized spacial score (nSPS) is 23.8. The van der Waals surface area contributed by atoms with E-state index in [9.17, 15) is 13.4 Å². The molecule has 1 fully saturated rings. The van der Waals surface area contributed by atoms with E-state index in [0.29, 0.717) is 22.8 Å². The molecular weight excluding hydrogens is 381 g/mol. The number of aromatic nitrogens is 2. The maximum atomic E-state index is 14.7. The Balaban J connectivity index is 1.41. The minimum Gasteiger partial charge on any atom is -0.462 e. The number of fused-ring (bicyclic) bond motifs is 1. The van der Waals surface area contributed by atoms with Crippen LogP contribution in [-0.2, 0) is 31.8 Å². The Bertz CT molecular complexity index is 927. The number of carbonyl (C=O) groups excluding carboxylic acids is 1. The quantitative estimate of drug-likeness (QED) is 0.738. The van der Waals surface area contributed by atoms with Crippen molar-refractivity contribution >= 4 is 28.3 Å². The molecule has 3 atom stereocenters. The largest absolute Gasteiger partial charge is 0.462 e. The molecule has 1 aliphatic carbocycles. The number of rotatable bonds is 5. The van der Waals surface area contributed by atoms with Gasteiger partial charge in [-0.3, -0.25) is 14.1 Å². The lowest BCUT2D eigenvalue weighted by Gasteiger charge is -2.13. The molecule has 150 valence electrons. The fourth-order valence-electron chi connectivity index (χ4n) is 3.81. The van der Waals surface area contributed by atoms with Gasteiger partial charge in [-0.05, 0) is 30.9 Å². The van der Waals surface area contributed by atoms with Crippen molar-refractivity contribution in [2.24, 2.45) is 5.92 Å². The predicted molar refractivity (Wildman–Crippen MR) is 105 cm³/mol. The summed E-state index contributed by atoms with van der Waals surface area (Å²) < 4.78 is 31.9. The van der Waals surface area contributed by atoms with Gasteiger partial charge in [0.15, 0.2) is 11.6 Å². The van der Waals surface area contributed by atoms with Crippen molar-refractivity contribution in [1.82, 2.24) is 10.2 Å². The Morgan fingerprint density at radius 1 is 1.36 bits per heavy atom. The average molecular weight is 405 g/mol. The maximum absolute atomic E-state index is 14.7. The van der Waals surface area contributed by atoms with Gasteiger partial charge >= 0.3 is 5.97 Å². The first-order valence-corrected chi connectivity index (χ1v) is 11.1. The van der Waals surface area contributed by atoms with E-state index in [0.717, 1.165) is 30.5 Å². The van der Waals surface area contributed by atoms with Crippen LogP contribution < -0.4 is 5.32 Å². The third kappa shape index (κ3) is 3.83. The van der Waals surface area contributed by atoms with Crippen LogP contribution in [0.2, 0.25) is 0 Å². The number of ether oxygens (including phenoxy) is 1. The number of halogens is 1. The second-order valence-corrected chi connectivity index (χ2v) is 9.31. The molecule has 0 radical (unpaired) electrons. The van der Waals surface area contributed by atoms with Crippen molar-refractivity contribution in [3.8, 4) is 0 Å². The van der Waals surface area contributed by atoms with Crippen LogP contribution in [0.25, 0.3) is 0 Å². The SMILES string of the molecule is CC(C)C(=O)OC1CCC(c2cc(Nc3ccc4c(c3F)CS(=O)C4)n[nH]2)C1. The van der Waals surface area contributed by atoms with Crippen LogP contribution in [-0.4, -0.2) is 26.5 Å². The van der Waals surface area contributed by atoms with Crippen LogP contribution in [0.4, 0.5) is 15.9 Å². The van der Waals surface area contributed by atoms with E-state index in [1.165, 1.54) is 0 Å². The molecule has 2 aromatic rings. The summed E-state index contributed by atoms with van der Waals surface area (Å²) in [5.74, 6) is 0.822. The number of carbonyl (C=O) groups is 1. The fraction of sp³-hybridized carbons (Fsp3) is 0.500. The zero-order chi connectivity index (χ0) is 19.8. The molecule has 2 N–H and O–H groups in total. The number of esters is 1. The number of hydrogen-bond acceptors (Lipinski definition) is 5. The van der Waals surface area contributed by atoms with E-state index in [1.807, 2.05) is 26.0 Å². The molecule has 8 heteroatoms. The lowest BCUT2D eigenvalue weighted by atomic mass is 10.0. The Kier molecular flexibility index (Phi) is 5.23. The maximum Gasteiger partial charge on any atom is 0.308 e. The standard InChI is InChI=1S/C20H24FN3O3S/c1-11(2)20(25)27-14-5-3-12(7-14)17-8-18(24-23-17)22-16-6-4-13-9-28(26)10-15(13)19(16)21/h4,6,8,11-12,14H,3,5,7,9-10H2,1-2H3,(H2,22,23,24). The van der Waals surface area contributed by atoms with E-state index in [2.05, 4.69) is 15.5 Å². The first kappa shape index (κ1) is 19.1. The second-order valence-electron chi connectivity index (χ2n) is 7.85. The lowest BCUT2D eigenvalue weighted by molar-refractivity contribution is -0.152. The first-order valence-electron chi connectivity index (χ1n) is 9.58. The van der Waals surface area contributed by atoms with Crippen molar-refractivity contribution in [2.45, 2.75) is 56.6 Å². The van der Waals surface area contributed by atoms with Crippen LogP contribution in [0.5, 0.6) is 0 Å². The summed E-state index contributed by atoms with van der Waals surface area (Å²) in [6, 6.07) is 5.37. The Morgan fingerprint density at radius 3 is 2.96 bits per heavy atom. The molecule has 2 aliphatic rings. The number of nitrogens with zero attached hydrogens (tertiary/aromatic N) is 1. The lowest BCUT2D eigenvalue weighted by Crippen LogP contribution is -2.19. The van der Waals surface area contributed by atoms with Crippen LogP contribution in [0, 0.1) is 11.7 Å². The highest BCUT2D eigenvalue weighted by Gasteiger charge is 2.30. The predicted octanol–water partition coefficient (Wildman–Crippen LogP) is 3.89. The molecule has 0 spiro atoms. The van der Waals surface area contributed by atoms with Gasteiger partial charge in [0.25, 0.3) is 0 Å². The number of hydrogen-bond donors (Lipinski definition) is 2. The van der Waals surface area contributed by atoms with Gasteiger partial charge in [0.1, 0.15) is 6.10 Å². The molecule has 1 aromatic carbocycles. The summed E-state index contributed by atoms with van der Waals surface area (Å²) >= 11 is 0. The van der Waals surface area contributed by atoms with Crippen molar-refractivity contribution in [3.63, 3.8) is 0 Å². The van der Waals surface area contributed by atoms with Crippen molar-refractivity contribution < 1.29 is 18.1 Å². The molecule has 28 heavy (non-hydrogen) atoms. The van der Waals surface area contributed by atoms with Gasteiger partial charge < -0.3 is 10.1 Å². The highest BCUT2D eigenvalue weighted by atomic mass is 32.2. The number of H-pyrrole nitrogens is 1. The van der Waals surface area contributed by atoms with Gasteiger partial charge in [-0.1, -0.05) is 19.9 Å². The summed E-state index contributed by atoms with van der Waals surface area (Å²) in [4.78, 5) is 11.8. The van der Waals surface area contributed by atoms with Crippen molar-refractivity contribution in [2.75, 3.05) is 5.32 Å². The molecule has 6 nitrogen and oxygen atoms in total. The van der Waals surface area contributed by atoms with Gasteiger partial charge in [0, 0.05) is 39.8 Å². The summed E-state index contributed by atoms with van der Waals surface area (Å²) in [6.45, 7) is 3.66. The molecule has 2 heterocycles. The number of anilines is 2. The number of benzene rings is 1. The third-order valence-electron chi connectivity index (χ3n) is 5.40. The topological polar surface area (TPSA) is 84.1 Å². The molecule has 0 bridgehead atoms. The average Bonchev–Trinajstić information content (AvgIpc) is 3.37. The molecule has 0 saturated heterocycles. The summed E-state index contributed by atoms with van der Waals surface area (Å²) in [7, 11) is -1.02. The van der Waals surface area contributed by atoms with E-state index < -0.39 is 10.8 Å². The second kappa shape index (κ2) is 7.66. The van der Waals surface area contributed by atoms with Crippen LogP contribution in [0.15, 0.2) is 18.2 Å². The first-order chi connectivity index (χ1) is 13.4. The van der Waals surface area contributed by atoms with Crippen molar-refractivity contribution in [1.29, 1.82) is 0 Å². The summed E-state index contributed by atoms with van der Waals surface area (Å²) in [6.07, 6.45) is 2.45. The minimum atomic E-state index is -1.02. The fourth-order valence-corrected chi connectivity index (χ4v) is 5.17. The molecule has 4 rings (SSSR count). The molecular formula is C20H24FN3O3S. The molecule has 1 aliphatic heterocycles. The van der Waals surface area contributed by atoms with Gasteiger partial charge in [0.2, 0.25) is 0 Å². The minimum absolute atomic E-state index is 0.0605. The van der Waals surface area contributed by atoms with Crippen LogP contribution in [0.3, 0.4) is 0 Å². The van der Waals surface area contributed by atoms with Crippen LogP contribution in [0.1, 0.15) is 55.8 Å². The van der Waals surface area contributed by atoms with E-state index in [4.69, 9.17) is 4.74 Å². The highest BCUT2D eigenvalue weighted by Crippen LogP contribution is 2.37. The number of nitrogens with one attached hydrogen (secondary N) is 2. The van der Waals surface area contributed by atoms with Gasteiger partial charge in [0.05, 0.1) is 17.4 Å². The van der Waals surface area contributed by atoms with Gasteiger partial charge in [-0.2, -0.15) is 5.10 Å². The zero-order valence-electron chi connectivity index (χ0n) is 16.0. The van der Waals surface area contributed by atoms with Gasteiger partial charge in [-0.25, -0.2) is 4.39 Å². The Morgan fingerprint density at radius 2 is 2.18 bits per heavy atom. The van der Waals surface area contributed by atoms with Gasteiger partial charge in [-0.15, -0.1) is 0 Å². The third-order valence-corrected chi connectivity index (χ3v) is 6.64. The zero-order valence-corrected chi connectivity index (χ0v) is 16.8. The Hall–Kier alpha value is -2.22.